The average Bonchev–Trinajstić information content (AvgIpc) is 3.21. The highest BCUT2D eigenvalue weighted by Crippen LogP contribution is 2.31. The van der Waals surface area contributed by atoms with Crippen LogP contribution in [-0.4, -0.2) is 22.6 Å². The van der Waals surface area contributed by atoms with E-state index in [2.05, 4.69) is 41.6 Å². The number of hydrogen-bond acceptors (Lipinski definition) is 5. The van der Waals surface area contributed by atoms with Crippen molar-refractivity contribution in [1.29, 1.82) is 0 Å². The lowest BCUT2D eigenvalue weighted by Gasteiger charge is -2.13. The van der Waals surface area contributed by atoms with Crippen LogP contribution in [0.5, 0.6) is 5.75 Å². The lowest BCUT2D eigenvalue weighted by molar-refractivity contribution is -0.121. The van der Waals surface area contributed by atoms with Crippen molar-refractivity contribution in [2.45, 2.75) is 33.1 Å². The summed E-state index contributed by atoms with van der Waals surface area (Å²) < 4.78 is 11.4. The van der Waals surface area contributed by atoms with E-state index in [-0.39, 0.29) is 11.7 Å². The van der Waals surface area contributed by atoms with Gasteiger partial charge in [0.05, 0.1) is 5.02 Å². The van der Waals surface area contributed by atoms with E-state index in [1.807, 2.05) is 30.3 Å². The number of nitrogens with zero attached hydrogens (tertiary/aromatic N) is 1. The fraction of sp³-hybridized carbons (Fsp3) is 0.222. The molecule has 0 radical (unpaired) electrons. The smallest absolute Gasteiger partial charge is 0.264 e. The van der Waals surface area contributed by atoms with Gasteiger partial charge in [-0.2, -0.15) is 0 Å². The van der Waals surface area contributed by atoms with Gasteiger partial charge in [0.25, 0.3) is 5.91 Å². The second-order valence-electron chi connectivity index (χ2n) is 8.69. The zero-order valence-corrected chi connectivity index (χ0v) is 22.4. The Hall–Kier alpha value is -3.13. The maximum absolute atomic E-state index is 12.2. The predicted molar refractivity (Wildman–Crippen MR) is 148 cm³/mol. The molecular weight excluding hydrogens is 517 g/mol. The number of carbonyl (C=O) groups excluding carboxylic acids is 1. The molecule has 186 valence electrons. The van der Waals surface area contributed by atoms with Gasteiger partial charge in [-0.1, -0.05) is 55.2 Å². The molecular formula is C27H25Cl2N3O3S. The van der Waals surface area contributed by atoms with Crippen molar-refractivity contribution in [1.82, 2.24) is 10.3 Å². The molecule has 1 aromatic heterocycles. The molecule has 0 saturated heterocycles. The van der Waals surface area contributed by atoms with Crippen LogP contribution < -0.4 is 15.4 Å². The number of thiocarbonyl (C=S) groups is 1. The monoisotopic (exact) mass is 541 g/mol. The molecule has 0 spiro atoms. The van der Waals surface area contributed by atoms with Gasteiger partial charge in [-0.15, -0.1) is 0 Å². The molecule has 3 aromatic carbocycles. The van der Waals surface area contributed by atoms with Crippen LogP contribution >= 0.6 is 35.4 Å². The van der Waals surface area contributed by atoms with Crippen LogP contribution in [0.2, 0.25) is 10.0 Å². The zero-order chi connectivity index (χ0) is 25.8. The molecule has 0 fully saturated rings. The van der Waals surface area contributed by atoms with E-state index in [4.69, 9.17) is 44.6 Å². The number of aromatic nitrogens is 1. The average molecular weight is 542 g/mol. The molecule has 36 heavy (non-hydrogen) atoms. The first-order valence-electron chi connectivity index (χ1n) is 11.4. The number of aryl methyl sites for hydroxylation is 1. The van der Waals surface area contributed by atoms with Gasteiger partial charge in [0.1, 0.15) is 11.3 Å². The number of benzene rings is 3. The first-order chi connectivity index (χ1) is 17.2. The Morgan fingerprint density at radius 2 is 1.86 bits per heavy atom. The fourth-order valence-electron chi connectivity index (χ4n) is 3.64. The Morgan fingerprint density at radius 3 is 2.56 bits per heavy atom. The van der Waals surface area contributed by atoms with Crippen molar-refractivity contribution >= 4 is 63.2 Å². The molecule has 0 bridgehead atoms. The molecule has 9 heteroatoms. The first kappa shape index (κ1) is 25.9. The number of nitrogens with one attached hydrogen (secondary N) is 2. The van der Waals surface area contributed by atoms with Crippen LogP contribution in [0.15, 0.2) is 59.0 Å². The van der Waals surface area contributed by atoms with Crippen LogP contribution in [0, 0.1) is 6.92 Å². The maximum atomic E-state index is 12.2. The number of amides is 1. The Morgan fingerprint density at radius 1 is 1.11 bits per heavy atom. The standard InChI is InChI=1S/C27H25Cl2N3O3S/c1-15(2)18-6-9-23-22(12-18)31-25(35-23)11-17-4-7-20(8-5-17)30-27(36)32-24(33)14-34-26-16(3)10-19(28)13-21(26)29/h4-10,12-13,15H,11,14H2,1-3H3,(H2,30,32,33,36). The van der Waals surface area contributed by atoms with Crippen LogP contribution in [0.3, 0.4) is 0 Å². The summed E-state index contributed by atoms with van der Waals surface area (Å²) in [6.07, 6.45) is 0.567. The molecule has 4 aromatic rings. The van der Waals surface area contributed by atoms with Crippen molar-refractivity contribution in [3.8, 4) is 5.75 Å². The van der Waals surface area contributed by atoms with Crippen molar-refractivity contribution in [2.75, 3.05) is 11.9 Å². The van der Waals surface area contributed by atoms with Crippen LogP contribution in [0.4, 0.5) is 5.69 Å². The number of halogens is 2. The van der Waals surface area contributed by atoms with E-state index in [0.717, 1.165) is 27.9 Å². The summed E-state index contributed by atoms with van der Waals surface area (Å²) in [5.74, 6) is 1.09. The summed E-state index contributed by atoms with van der Waals surface area (Å²) >= 11 is 17.4. The number of carbonyl (C=O) groups is 1. The Kier molecular flexibility index (Phi) is 8.14. The molecule has 0 unspecified atom stereocenters. The molecule has 0 atom stereocenters. The van der Waals surface area contributed by atoms with Crippen molar-refractivity contribution in [3.05, 3.63) is 87.2 Å². The number of anilines is 1. The summed E-state index contributed by atoms with van der Waals surface area (Å²) in [7, 11) is 0. The van der Waals surface area contributed by atoms with Gasteiger partial charge in [0, 0.05) is 17.1 Å². The molecule has 0 aliphatic carbocycles. The number of hydrogen-bond donors (Lipinski definition) is 2. The summed E-state index contributed by atoms with van der Waals surface area (Å²) in [5.41, 5.74) is 5.39. The molecule has 0 saturated carbocycles. The maximum Gasteiger partial charge on any atom is 0.264 e. The molecule has 2 N–H and O–H groups in total. The highest BCUT2D eigenvalue weighted by Gasteiger charge is 2.12. The quantitative estimate of drug-likeness (QED) is 0.244. The van der Waals surface area contributed by atoms with Gasteiger partial charge in [-0.05, 0) is 78.1 Å². The van der Waals surface area contributed by atoms with Gasteiger partial charge in [0.15, 0.2) is 23.2 Å². The molecule has 4 rings (SSSR count). The lowest BCUT2D eigenvalue weighted by atomic mass is 10.0. The van der Waals surface area contributed by atoms with E-state index in [1.54, 1.807) is 19.1 Å². The summed E-state index contributed by atoms with van der Waals surface area (Å²) in [6.45, 7) is 5.86. The minimum Gasteiger partial charge on any atom is -0.482 e. The number of rotatable bonds is 7. The predicted octanol–water partition coefficient (Wildman–Crippen LogP) is 7.05. The highest BCUT2D eigenvalue weighted by atomic mass is 35.5. The van der Waals surface area contributed by atoms with Gasteiger partial charge in [0.2, 0.25) is 0 Å². The summed E-state index contributed by atoms with van der Waals surface area (Å²) in [5, 5.41) is 6.59. The third-order valence-corrected chi connectivity index (χ3v) is 6.19. The SMILES string of the molecule is Cc1cc(Cl)cc(Cl)c1OCC(=O)NC(=S)Nc1ccc(Cc2nc3cc(C(C)C)ccc3o2)cc1. The topological polar surface area (TPSA) is 76.4 Å². The molecule has 0 aliphatic heterocycles. The van der Waals surface area contributed by atoms with Gasteiger partial charge in [-0.3, -0.25) is 10.1 Å². The Balaban J connectivity index is 1.29. The van der Waals surface area contributed by atoms with Gasteiger partial charge >= 0.3 is 0 Å². The molecule has 0 aliphatic rings. The zero-order valence-electron chi connectivity index (χ0n) is 20.0. The third kappa shape index (κ3) is 6.55. The highest BCUT2D eigenvalue weighted by molar-refractivity contribution is 7.80. The van der Waals surface area contributed by atoms with E-state index >= 15 is 0 Å². The van der Waals surface area contributed by atoms with Crippen molar-refractivity contribution in [3.63, 3.8) is 0 Å². The third-order valence-electron chi connectivity index (χ3n) is 5.48. The summed E-state index contributed by atoms with van der Waals surface area (Å²) in [4.78, 5) is 16.9. The van der Waals surface area contributed by atoms with E-state index in [1.165, 1.54) is 5.56 Å². The van der Waals surface area contributed by atoms with E-state index < -0.39 is 5.91 Å². The largest absolute Gasteiger partial charge is 0.482 e. The number of ether oxygens (including phenoxy) is 1. The Labute approximate surface area is 225 Å². The molecule has 1 heterocycles. The molecule has 1 amide bonds. The van der Waals surface area contributed by atoms with Gasteiger partial charge in [-0.25, -0.2) is 4.98 Å². The number of oxazole rings is 1. The van der Waals surface area contributed by atoms with Crippen molar-refractivity contribution < 1.29 is 13.9 Å². The van der Waals surface area contributed by atoms with E-state index in [9.17, 15) is 4.79 Å². The van der Waals surface area contributed by atoms with Crippen LogP contribution in [0.1, 0.15) is 42.3 Å². The second-order valence-corrected chi connectivity index (χ2v) is 9.94. The Bertz CT molecular complexity index is 1390. The van der Waals surface area contributed by atoms with Crippen LogP contribution in [0.25, 0.3) is 11.1 Å². The lowest BCUT2D eigenvalue weighted by Crippen LogP contribution is -2.37. The summed E-state index contributed by atoms with van der Waals surface area (Å²) in [6, 6.07) is 17.1. The first-order valence-corrected chi connectivity index (χ1v) is 12.5. The number of fused-ring (bicyclic) bond motifs is 1. The minimum absolute atomic E-state index is 0.162. The van der Waals surface area contributed by atoms with Crippen LogP contribution in [-0.2, 0) is 11.2 Å². The normalized spacial score (nSPS) is 11.1. The van der Waals surface area contributed by atoms with Gasteiger partial charge < -0.3 is 14.5 Å². The second kappa shape index (κ2) is 11.3. The fourth-order valence-corrected chi connectivity index (χ4v) is 4.52. The van der Waals surface area contributed by atoms with Crippen molar-refractivity contribution in [2.24, 2.45) is 0 Å². The molecule has 6 nitrogen and oxygen atoms in total. The van der Waals surface area contributed by atoms with E-state index in [0.29, 0.717) is 34.0 Å². The minimum atomic E-state index is -0.411.